The first-order valence-electron chi connectivity index (χ1n) is 5.72. The van der Waals surface area contributed by atoms with Gasteiger partial charge in [0.2, 0.25) is 0 Å². The lowest BCUT2D eigenvalue weighted by molar-refractivity contribution is -0.137. The summed E-state index contributed by atoms with van der Waals surface area (Å²) in [6.07, 6.45) is -1.23. The van der Waals surface area contributed by atoms with Gasteiger partial charge in [-0.25, -0.2) is 0 Å². The molecule has 0 spiro atoms. The number of aryl methyl sites for hydroxylation is 1. The van der Waals surface area contributed by atoms with Crippen LogP contribution in [0.25, 0.3) is 0 Å². The van der Waals surface area contributed by atoms with Crippen molar-refractivity contribution in [3.63, 3.8) is 0 Å². The number of rotatable bonds is 3. The minimum atomic E-state index is -4.25. The maximum Gasteiger partial charge on any atom is 0.416 e. The van der Waals surface area contributed by atoms with Crippen molar-refractivity contribution in [1.29, 1.82) is 0 Å². The van der Waals surface area contributed by atoms with Crippen LogP contribution in [0.4, 0.5) is 13.2 Å². The second-order valence-corrected chi connectivity index (χ2v) is 4.85. The summed E-state index contributed by atoms with van der Waals surface area (Å²) in [5, 5.41) is 3.25. The van der Waals surface area contributed by atoms with Gasteiger partial charge in [-0.05, 0) is 56.5 Å². The van der Waals surface area contributed by atoms with E-state index in [1.165, 1.54) is 12.1 Å². The molecule has 0 aliphatic heterocycles. The first-order chi connectivity index (χ1) is 7.86. The van der Waals surface area contributed by atoms with Gasteiger partial charge in [-0.2, -0.15) is 13.2 Å². The molecule has 1 N–H and O–H groups in total. The Balaban J connectivity index is 2.20. The predicted molar refractivity (Wildman–Crippen MR) is 60.9 cm³/mol. The fourth-order valence-electron chi connectivity index (χ4n) is 2.10. The molecule has 1 aliphatic rings. The summed E-state index contributed by atoms with van der Waals surface area (Å²) in [6, 6.07) is 4.02. The van der Waals surface area contributed by atoms with Gasteiger partial charge in [0.15, 0.2) is 0 Å². The average molecular weight is 243 g/mol. The second-order valence-electron chi connectivity index (χ2n) is 4.85. The first kappa shape index (κ1) is 12.4. The number of alkyl halides is 3. The Hall–Kier alpha value is -1.03. The van der Waals surface area contributed by atoms with Gasteiger partial charge >= 0.3 is 6.18 Å². The second kappa shape index (κ2) is 4.02. The van der Waals surface area contributed by atoms with E-state index in [0.717, 1.165) is 30.4 Å². The minimum absolute atomic E-state index is 0.129. The van der Waals surface area contributed by atoms with Crippen LogP contribution in [-0.4, -0.2) is 12.6 Å². The van der Waals surface area contributed by atoms with Crippen LogP contribution in [0.5, 0.6) is 0 Å². The van der Waals surface area contributed by atoms with Crippen LogP contribution >= 0.6 is 0 Å². The van der Waals surface area contributed by atoms with Crippen molar-refractivity contribution < 1.29 is 13.2 Å². The molecule has 1 aliphatic carbocycles. The molecule has 4 heteroatoms. The third-order valence-corrected chi connectivity index (χ3v) is 3.58. The molecule has 1 aromatic carbocycles. The molecule has 2 rings (SSSR count). The van der Waals surface area contributed by atoms with E-state index in [0.29, 0.717) is 0 Å². The highest BCUT2D eigenvalue weighted by molar-refractivity contribution is 5.34. The van der Waals surface area contributed by atoms with Gasteiger partial charge in [0.05, 0.1) is 5.56 Å². The zero-order chi connectivity index (χ0) is 12.7. The highest BCUT2D eigenvalue weighted by atomic mass is 19.4. The smallest absolute Gasteiger partial charge is 0.314 e. The number of nitrogens with one attached hydrogen (secondary N) is 1. The molecule has 0 unspecified atom stereocenters. The fraction of sp³-hybridized carbons (Fsp3) is 0.538. The van der Waals surface area contributed by atoms with Crippen molar-refractivity contribution in [1.82, 2.24) is 5.32 Å². The molecule has 1 aromatic rings. The molecule has 94 valence electrons. The Morgan fingerprint density at radius 3 is 2.35 bits per heavy atom. The summed E-state index contributed by atoms with van der Waals surface area (Å²) in [5.41, 5.74) is 1.30. The molecule has 1 saturated carbocycles. The number of likely N-dealkylation sites (N-methyl/N-ethyl adjacent to an activating group) is 1. The summed E-state index contributed by atoms with van der Waals surface area (Å²) in [6.45, 7) is 1.75. The molecular weight excluding hydrogens is 227 g/mol. The quantitative estimate of drug-likeness (QED) is 0.858. The molecule has 0 amide bonds. The van der Waals surface area contributed by atoms with E-state index in [4.69, 9.17) is 0 Å². The van der Waals surface area contributed by atoms with Gasteiger partial charge in [-0.3, -0.25) is 0 Å². The summed E-state index contributed by atoms with van der Waals surface area (Å²) in [7, 11) is 1.91. The van der Waals surface area contributed by atoms with Crippen LogP contribution in [-0.2, 0) is 12.6 Å². The van der Waals surface area contributed by atoms with Crippen LogP contribution in [0.2, 0.25) is 0 Å². The Labute approximate surface area is 99.0 Å². The van der Waals surface area contributed by atoms with Crippen LogP contribution < -0.4 is 5.32 Å². The van der Waals surface area contributed by atoms with Crippen LogP contribution in [0, 0.1) is 6.92 Å². The van der Waals surface area contributed by atoms with E-state index in [9.17, 15) is 13.2 Å². The van der Waals surface area contributed by atoms with Crippen molar-refractivity contribution in [2.45, 2.75) is 37.9 Å². The number of benzene rings is 1. The number of hydrogen-bond acceptors (Lipinski definition) is 1. The highest BCUT2D eigenvalue weighted by Crippen LogP contribution is 2.39. The number of hydrogen-bond donors (Lipinski definition) is 1. The molecule has 0 atom stereocenters. The van der Waals surface area contributed by atoms with Crippen molar-refractivity contribution in [2.24, 2.45) is 0 Å². The van der Waals surface area contributed by atoms with E-state index in [2.05, 4.69) is 5.32 Å². The molecule has 0 bridgehead atoms. The van der Waals surface area contributed by atoms with Gasteiger partial charge < -0.3 is 5.32 Å². The Bertz CT molecular complexity index is 419. The lowest BCUT2D eigenvalue weighted by Crippen LogP contribution is -2.29. The molecule has 1 nitrogen and oxygen atoms in total. The van der Waals surface area contributed by atoms with Gasteiger partial charge in [0.25, 0.3) is 0 Å². The van der Waals surface area contributed by atoms with Gasteiger partial charge in [-0.1, -0.05) is 6.07 Å². The van der Waals surface area contributed by atoms with Crippen molar-refractivity contribution in [2.75, 3.05) is 7.05 Å². The Morgan fingerprint density at radius 1 is 1.29 bits per heavy atom. The average Bonchev–Trinajstić information content (AvgIpc) is 3.00. The molecule has 0 heterocycles. The van der Waals surface area contributed by atoms with E-state index in [1.807, 2.05) is 7.05 Å². The van der Waals surface area contributed by atoms with E-state index in [1.54, 1.807) is 13.0 Å². The summed E-state index contributed by atoms with van der Waals surface area (Å²) >= 11 is 0. The largest absolute Gasteiger partial charge is 0.416 e. The van der Waals surface area contributed by atoms with Crippen molar-refractivity contribution in [3.05, 3.63) is 34.9 Å². The molecule has 1 fully saturated rings. The Kier molecular flexibility index (Phi) is 2.94. The van der Waals surface area contributed by atoms with Crippen LogP contribution in [0.1, 0.15) is 29.5 Å². The topological polar surface area (TPSA) is 12.0 Å². The summed E-state index contributed by atoms with van der Waals surface area (Å²) < 4.78 is 37.5. The molecule has 0 aromatic heterocycles. The molecular formula is C13H16F3N. The molecule has 17 heavy (non-hydrogen) atoms. The van der Waals surface area contributed by atoms with Gasteiger partial charge in [0.1, 0.15) is 0 Å². The fourth-order valence-corrected chi connectivity index (χ4v) is 2.10. The normalized spacial score (nSPS) is 18.2. The third kappa shape index (κ3) is 2.63. The lowest BCUT2D eigenvalue weighted by atomic mass is 9.97. The SMILES string of the molecule is CNC1(Cc2ccc(C(F)(F)F)cc2C)CC1. The van der Waals surface area contributed by atoms with Gasteiger partial charge in [-0.15, -0.1) is 0 Å². The zero-order valence-electron chi connectivity index (χ0n) is 9.99. The first-order valence-corrected chi connectivity index (χ1v) is 5.72. The summed E-state index contributed by atoms with van der Waals surface area (Å²) in [5.74, 6) is 0. The molecule has 0 saturated heterocycles. The van der Waals surface area contributed by atoms with E-state index in [-0.39, 0.29) is 5.54 Å². The molecule has 0 radical (unpaired) electrons. The predicted octanol–water partition coefficient (Wildman–Crippen LogP) is 3.31. The summed E-state index contributed by atoms with van der Waals surface area (Å²) in [4.78, 5) is 0. The maximum absolute atomic E-state index is 12.5. The minimum Gasteiger partial charge on any atom is -0.314 e. The van der Waals surface area contributed by atoms with Crippen molar-refractivity contribution >= 4 is 0 Å². The third-order valence-electron chi connectivity index (χ3n) is 3.58. The zero-order valence-corrected chi connectivity index (χ0v) is 9.99. The van der Waals surface area contributed by atoms with E-state index >= 15 is 0 Å². The van der Waals surface area contributed by atoms with Crippen LogP contribution in [0.15, 0.2) is 18.2 Å². The highest BCUT2D eigenvalue weighted by Gasteiger charge is 2.41. The monoisotopic (exact) mass is 243 g/mol. The maximum atomic E-state index is 12.5. The standard InChI is InChI=1S/C13H16F3N/c1-9-7-11(13(14,15)16)4-3-10(9)8-12(17-2)5-6-12/h3-4,7,17H,5-6,8H2,1-2H3. The van der Waals surface area contributed by atoms with Gasteiger partial charge in [0, 0.05) is 5.54 Å². The van der Waals surface area contributed by atoms with Crippen LogP contribution in [0.3, 0.4) is 0 Å². The van der Waals surface area contributed by atoms with Crippen molar-refractivity contribution in [3.8, 4) is 0 Å². The van der Waals surface area contributed by atoms with E-state index < -0.39 is 11.7 Å². The Morgan fingerprint density at radius 2 is 1.94 bits per heavy atom. The lowest BCUT2D eigenvalue weighted by Gasteiger charge is -2.17. The number of halogens is 3.